The Labute approximate surface area is 220 Å². The molecule has 206 valence electrons. The molecule has 0 bridgehead atoms. The molecule has 1 unspecified atom stereocenters. The zero-order chi connectivity index (χ0) is 26.5. The van der Waals surface area contributed by atoms with Crippen LogP contribution in [0.1, 0.15) is 117 Å². The van der Waals surface area contributed by atoms with Crippen LogP contribution in [0.4, 0.5) is 0 Å². The second-order valence-electron chi connectivity index (χ2n) is 9.10. The third-order valence-electron chi connectivity index (χ3n) is 5.61. The largest absolute Gasteiger partial charge is 0.462 e. The van der Waals surface area contributed by atoms with Gasteiger partial charge in [-0.1, -0.05) is 101 Å². The molecule has 1 N–H and O–H groups in total. The predicted octanol–water partition coefficient (Wildman–Crippen LogP) is 7.94. The molecule has 0 aliphatic carbocycles. The Morgan fingerprint density at radius 2 is 1.19 bits per heavy atom. The molecule has 0 spiro atoms. The quantitative estimate of drug-likeness (QED) is 0.0820. The number of aliphatic hydroxyl groups excluding tert-OH is 1. The lowest BCUT2D eigenvalue weighted by atomic mass is 10.1. The first-order chi connectivity index (χ1) is 17.6. The lowest BCUT2D eigenvalue weighted by molar-refractivity contribution is -0.161. The summed E-state index contributed by atoms with van der Waals surface area (Å²) in [5, 5.41) is 9.29. The van der Waals surface area contributed by atoms with Crippen LogP contribution in [-0.4, -0.2) is 36.4 Å². The fourth-order valence-electron chi connectivity index (χ4n) is 3.52. The molecule has 0 aromatic heterocycles. The van der Waals surface area contributed by atoms with E-state index in [2.05, 4.69) is 55.5 Å². The van der Waals surface area contributed by atoms with Crippen molar-refractivity contribution >= 4 is 11.9 Å². The maximum Gasteiger partial charge on any atom is 0.306 e. The second kappa shape index (κ2) is 27.4. The van der Waals surface area contributed by atoms with Gasteiger partial charge in [0.15, 0.2) is 6.10 Å². The summed E-state index contributed by atoms with van der Waals surface area (Å²) in [5.74, 6) is -0.668. The van der Waals surface area contributed by atoms with E-state index in [1.54, 1.807) is 0 Å². The minimum Gasteiger partial charge on any atom is -0.462 e. The van der Waals surface area contributed by atoms with Crippen molar-refractivity contribution < 1.29 is 24.2 Å². The van der Waals surface area contributed by atoms with Crippen molar-refractivity contribution in [1.82, 2.24) is 0 Å². The van der Waals surface area contributed by atoms with E-state index < -0.39 is 6.10 Å². The van der Waals surface area contributed by atoms with Crippen LogP contribution >= 0.6 is 0 Å². The molecule has 0 aliphatic heterocycles. The van der Waals surface area contributed by atoms with Gasteiger partial charge in [0, 0.05) is 12.8 Å². The first-order valence-electron chi connectivity index (χ1n) is 14.2. The van der Waals surface area contributed by atoms with E-state index in [0.717, 1.165) is 51.4 Å². The van der Waals surface area contributed by atoms with Crippen molar-refractivity contribution in [1.29, 1.82) is 0 Å². The van der Waals surface area contributed by atoms with Crippen molar-refractivity contribution in [2.75, 3.05) is 13.2 Å². The van der Waals surface area contributed by atoms with Gasteiger partial charge in [-0.2, -0.15) is 0 Å². The van der Waals surface area contributed by atoms with Gasteiger partial charge < -0.3 is 14.6 Å². The van der Waals surface area contributed by atoms with Crippen molar-refractivity contribution in [3.8, 4) is 0 Å². The molecule has 0 aromatic carbocycles. The highest BCUT2D eigenvalue weighted by Gasteiger charge is 2.15. The maximum absolute atomic E-state index is 11.9. The number of carbonyl (C=O) groups is 2. The Hall–Kier alpha value is -2.14. The van der Waals surface area contributed by atoms with Crippen LogP contribution in [0, 0.1) is 0 Å². The molecule has 0 saturated heterocycles. The van der Waals surface area contributed by atoms with E-state index in [1.165, 1.54) is 32.1 Å². The zero-order valence-corrected chi connectivity index (χ0v) is 23.0. The molecule has 0 aromatic rings. The van der Waals surface area contributed by atoms with Crippen LogP contribution in [0.5, 0.6) is 0 Å². The summed E-state index contributed by atoms with van der Waals surface area (Å²) in [7, 11) is 0. The van der Waals surface area contributed by atoms with E-state index in [0.29, 0.717) is 19.3 Å². The van der Waals surface area contributed by atoms with Crippen LogP contribution in [0.2, 0.25) is 0 Å². The van der Waals surface area contributed by atoms with Crippen molar-refractivity contribution in [2.45, 2.75) is 123 Å². The highest BCUT2D eigenvalue weighted by Crippen LogP contribution is 2.12. The SMILES string of the molecule is CC/C=C\C/C=C\C/C=C\C/C=C\CCCCCCCCCCC(=O)OC(CO)COC(=O)CCC. The van der Waals surface area contributed by atoms with Gasteiger partial charge in [-0.3, -0.25) is 9.59 Å². The van der Waals surface area contributed by atoms with E-state index in [1.807, 2.05) is 6.92 Å². The van der Waals surface area contributed by atoms with Crippen LogP contribution in [0.3, 0.4) is 0 Å². The van der Waals surface area contributed by atoms with Crippen LogP contribution in [-0.2, 0) is 19.1 Å². The first kappa shape index (κ1) is 33.9. The topological polar surface area (TPSA) is 72.8 Å². The molecule has 5 heteroatoms. The van der Waals surface area contributed by atoms with Crippen molar-refractivity contribution in [2.24, 2.45) is 0 Å². The number of aliphatic hydroxyl groups is 1. The van der Waals surface area contributed by atoms with Crippen LogP contribution in [0.25, 0.3) is 0 Å². The van der Waals surface area contributed by atoms with E-state index in [4.69, 9.17) is 9.47 Å². The second-order valence-corrected chi connectivity index (χ2v) is 9.10. The third kappa shape index (κ3) is 25.0. The van der Waals surface area contributed by atoms with Crippen molar-refractivity contribution in [3.63, 3.8) is 0 Å². The number of ether oxygens (including phenoxy) is 2. The van der Waals surface area contributed by atoms with E-state index in [-0.39, 0.29) is 25.2 Å². The number of hydrogen-bond acceptors (Lipinski definition) is 5. The number of rotatable bonds is 24. The van der Waals surface area contributed by atoms with Gasteiger partial charge in [-0.25, -0.2) is 0 Å². The summed E-state index contributed by atoms with van der Waals surface area (Å²) in [6.07, 6.45) is 33.0. The molecule has 0 aliphatic rings. The summed E-state index contributed by atoms with van der Waals surface area (Å²) in [6.45, 7) is 3.62. The maximum atomic E-state index is 11.9. The Kier molecular flexibility index (Phi) is 25.8. The summed E-state index contributed by atoms with van der Waals surface area (Å²) >= 11 is 0. The Bertz CT molecular complexity index is 633. The number of carbonyl (C=O) groups excluding carboxylic acids is 2. The van der Waals surface area contributed by atoms with Crippen LogP contribution in [0.15, 0.2) is 48.6 Å². The van der Waals surface area contributed by atoms with Crippen molar-refractivity contribution in [3.05, 3.63) is 48.6 Å². The summed E-state index contributed by atoms with van der Waals surface area (Å²) in [5.41, 5.74) is 0. The Morgan fingerprint density at radius 1 is 0.667 bits per heavy atom. The normalized spacial score (nSPS) is 12.9. The van der Waals surface area contributed by atoms with Gasteiger partial charge in [0.25, 0.3) is 0 Å². The molecule has 0 amide bonds. The van der Waals surface area contributed by atoms with E-state index >= 15 is 0 Å². The summed E-state index contributed by atoms with van der Waals surface area (Å²) in [4.78, 5) is 23.3. The minimum atomic E-state index is -0.769. The molecule has 1 atom stereocenters. The lowest BCUT2D eigenvalue weighted by Crippen LogP contribution is -2.28. The van der Waals surface area contributed by atoms with Gasteiger partial charge in [0.2, 0.25) is 0 Å². The molecule has 5 nitrogen and oxygen atoms in total. The monoisotopic (exact) mass is 504 g/mol. The molecular formula is C31H52O5. The van der Waals surface area contributed by atoms with E-state index in [9.17, 15) is 14.7 Å². The number of unbranched alkanes of at least 4 members (excludes halogenated alkanes) is 8. The first-order valence-corrected chi connectivity index (χ1v) is 14.2. The van der Waals surface area contributed by atoms with Gasteiger partial charge in [-0.05, 0) is 51.4 Å². The third-order valence-corrected chi connectivity index (χ3v) is 5.61. The van der Waals surface area contributed by atoms with Gasteiger partial charge in [0.05, 0.1) is 6.61 Å². The number of hydrogen-bond donors (Lipinski definition) is 1. The fourth-order valence-corrected chi connectivity index (χ4v) is 3.52. The highest BCUT2D eigenvalue weighted by atomic mass is 16.6. The Balaban J connectivity index is 3.51. The minimum absolute atomic E-state index is 0.0800. The average molecular weight is 505 g/mol. The highest BCUT2D eigenvalue weighted by molar-refractivity contribution is 5.70. The summed E-state index contributed by atoms with van der Waals surface area (Å²) < 4.78 is 10.2. The van der Waals surface area contributed by atoms with Gasteiger partial charge >= 0.3 is 11.9 Å². The zero-order valence-electron chi connectivity index (χ0n) is 23.0. The molecule has 0 rings (SSSR count). The average Bonchev–Trinajstić information content (AvgIpc) is 2.87. The van der Waals surface area contributed by atoms with Gasteiger partial charge in [0.1, 0.15) is 6.61 Å². The van der Waals surface area contributed by atoms with Gasteiger partial charge in [-0.15, -0.1) is 0 Å². The molecule has 0 fully saturated rings. The molecule has 0 radical (unpaired) electrons. The molecule has 0 heterocycles. The lowest BCUT2D eigenvalue weighted by Gasteiger charge is -2.15. The van der Waals surface area contributed by atoms with Crippen LogP contribution < -0.4 is 0 Å². The Morgan fingerprint density at radius 3 is 1.75 bits per heavy atom. The molecule has 36 heavy (non-hydrogen) atoms. The number of allylic oxidation sites excluding steroid dienone is 8. The summed E-state index contributed by atoms with van der Waals surface area (Å²) in [6, 6.07) is 0. The predicted molar refractivity (Wildman–Crippen MR) is 150 cm³/mol. The smallest absolute Gasteiger partial charge is 0.306 e. The fraction of sp³-hybridized carbons (Fsp3) is 0.677. The molecule has 0 saturated carbocycles. The standard InChI is InChI=1S/C31H52O5/c1-3-5-6-7-8-9-10-11-12-13-14-15-16-17-18-19-20-21-22-23-24-26-31(34)36-29(27-32)28-35-30(33)25-4-2/h5-6,8-9,11-12,14-15,29,32H,3-4,7,10,13,16-28H2,1-2H3/b6-5-,9-8-,12-11-,15-14-. The molecular weight excluding hydrogens is 452 g/mol. The number of esters is 2.